The largest absolute Gasteiger partial charge is 0.497 e. The molecule has 2 rings (SSSR count). The molecule has 0 amide bonds. The zero-order valence-corrected chi connectivity index (χ0v) is 12.5. The van der Waals surface area contributed by atoms with E-state index >= 15 is 0 Å². The summed E-state index contributed by atoms with van der Waals surface area (Å²) in [7, 11) is 1.66. The molecule has 0 aromatic heterocycles. The normalized spacial score (nSPS) is 11.9. The van der Waals surface area contributed by atoms with Crippen LogP contribution in [0.1, 0.15) is 22.8 Å². The summed E-state index contributed by atoms with van der Waals surface area (Å²) in [4.78, 5) is 12.2. The van der Waals surface area contributed by atoms with Crippen LogP contribution < -0.4 is 10.1 Å². The van der Waals surface area contributed by atoms with Gasteiger partial charge in [-0.1, -0.05) is 42.5 Å². The fourth-order valence-corrected chi connectivity index (χ4v) is 2.17. The van der Waals surface area contributed by atoms with Crippen LogP contribution in [0.5, 0.6) is 5.75 Å². The molecule has 0 fully saturated rings. The Hall–Kier alpha value is -2.13. The van der Waals surface area contributed by atoms with Crippen LogP contribution in [0.4, 0.5) is 0 Å². The Bertz CT molecular complexity index is 564. The molecular weight excluding hydrogens is 262 g/mol. The molecule has 0 saturated heterocycles. The van der Waals surface area contributed by atoms with Crippen molar-refractivity contribution in [3.63, 3.8) is 0 Å². The summed E-state index contributed by atoms with van der Waals surface area (Å²) in [6.45, 7) is 2.68. The number of carbonyl (C=O) groups excluding carboxylic acids is 1. The van der Waals surface area contributed by atoms with Gasteiger partial charge in [0, 0.05) is 5.56 Å². The number of methoxy groups -OCH3 is 1. The summed E-state index contributed by atoms with van der Waals surface area (Å²) in [5.74, 6) is 0.990. The highest BCUT2D eigenvalue weighted by Gasteiger charge is 2.13. The summed E-state index contributed by atoms with van der Waals surface area (Å²) < 4.78 is 5.13. The zero-order chi connectivity index (χ0) is 15.1. The molecule has 1 unspecified atom stereocenters. The first-order chi connectivity index (χ1) is 10.2. The fourth-order valence-electron chi connectivity index (χ4n) is 2.17. The molecule has 2 aromatic carbocycles. The summed E-state index contributed by atoms with van der Waals surface area (Å²) >= 11 is 0. The molecule has 2 aromatic rings. The minimum absolute atomic E-state index is 0.130. The first kappa shape index (κ1) is 15.3. The van der Waals surface area contributed by atoms with Crippen LogP contribution in [0.3, 0.4) is 0 Å². The molecule has 0 aliphatic heterocycles. The summed E-state index contributed by atoms with van der Waals surface area (Å²) in [5, 5.41) is 3.28. The number of ether oxygens (including phenoxy) is 1. The standard InChI is InChI=1S/C18H21NO2/c1-14(18(20)16-6-4-3-5-7-16)19-13-12-15-8-10-17(21-2)11-9-15/h3-11,14,19H,12-13H2,1-2H3. The lowest BCUT2D eigenvalue weighted by Crippen LogP contribution is -2.35. The van der Waals surface area contributed by atoms with Gasteiger partial charge in [0.2, 0.25) is 0 Å². The van der Waals surface area contributed by atoms with Gasteiger partial charge in [0.1, 0.15) is 5.75 Å². The van der Waals surface area contributed by atoms with Gasteiger partial charge < -0.3 is 10.1 Å². The number of benzene rings is 2. The van der Waals surface area contributed by atoms with Crippen molar-refractivity contribution in [2.45, 2.75) is 19.4 Å². The maximum absolute atomic E-state index is 12.2. The van der Waals surface area contributed by atoms with Gasteiger partial charge in [-0.15, -0.1) is 0 Å². The van der Waals surface area contributed by atoms with Crippen LogP contribution in [0.15, 0.2) is 54.6 Å². The van der Waals surface area contributed by atoms with Gasteiger partial charge in [-0.3, -0.25) is 4.79 Å². The molecule has 3 nitrogen and oxygen atoms in total. The molecule has 0 aliphatic carbocycles. The second kappa shape index (κ2) is 7.60. The van der Waals surface area contributed by atoms with Crippen molar-refractivity contribution in [1.82, 2.24) is 5.32 Å². The number of carbonyl (C=O) groups is 1. The number of ketones is 1. The van der Waals surface area contributed by atoms with Crippen molar-refractivity contribution in [2.24, 2.45) is 0 Å². The van der Waals surface area contributed by atoms with E-state index in [1.807, 2.05) is 61.5 Å². The van der Waals surface area contributed by atoms with Crippen LogP contribution in [-0.4, -0.2) is 25.5 Å². The van der Waals surface area contributed by atoms with Crippen LogP contribution >= 0.6 is 0 Å². The first-order valence-electron chi connectivity index (χ1n) is 7.16. The molecule has 21 heavy (non-hydrogen) atoms. The Morgan fingerprint density at radius 2 is 1.76 bits per heavy atom. The Morgan fingerprint density at radius 3 is 2.38 bits per heavy atom. The van der Waals surface area contributed by atoms with Crippen molar-refractivity contribution < 1.29 is 9.53 Å². The third-order valence-electron chi connectivity index (χ3n) is 3.47. The van der Waals surface area contributed by atoms with Crippen molar-refractivity contribution in [3.05, 3.63) is 65.7 Å². The summed E-state index contributed by atoms with van der Waals surface area (Å²) in [6.07, 6.45) is 0.885. The van der Waals surface area contributed by atoms with Crippen molar-refractivity contribution in [3.8, 4) is 5.75 Å². The van der Waals surface area contributed by atoms with Crippen molar-refractivity contribution >= 4 is 5.78 Å². The minimum Gasteiger partial charge on any atom is -0.497 e. The monoisotopic (exact) mass is 283 g/mol. The summed E-state index contributed by atoms with van der Waals surface area (Å²) in [5.41, 5.74) is 1.98. The van der Waals surface area contributed by atoms with E-state index < -0.39 is 0 Å². The average Bonchev–Trinajstić information content (AvgIpc) is 2.55. The minimum atomic E-state index is -0.175. The first-order valence-corrected chi connectivity index (χ1v) is 7.16. The van der Waals surface area contributed by atoms with E-state index in [0.29, 0.717) is 0 Å². The Labute approximate surface area is 126 Å². The number of rotatable bonds is 7. The Balaban J connectivity index is 1.81. The summed E-state index contributed by atoms with van der Waals surface area (Å²) in [6, 6.07) is 17.2. The number of nitrogens with one attached hydrogen (secondary N) is 1. The van der Waals surface area contributed by atoms with Crippen LogP contribution in [0, 0.1) is 0 Å². The third kappa shape index (κ3) is 4.43. The maximum atomic E-state index is 12.2. The average molecular weight is 283 g/mol. The Kier molecular flexibility index (Phi) is 5.52. The van der Waals surface area contributed by atoms with Gasteiger partial charge >= 0.3 is 0 Å². The fraction of sp³-hybridized carbons (Fsp3) is 0.278. The Morgan fingerprint density at radius 1 is 1.10 bits per heavy atom. The molecule has 0 saturated carbocycles. The van der Waals surface area contributed by atoms with Crippen LogP contribution in [0.2, 0.25) is 0 Å². The predicted octanol–water partition coefficient (Wildman–Crippen LogP) is 3.10. The number of hydrogen-bond acceptors (Lipinski definition) is 3. The van der Waals surface area contributed by atoms with Crippen molar-refractivity contribution in [2.75, 3.05) is 13.7 Å². The second-order valence-electron chi connectivity index (χ2n) is 5.00. The van der Waals surface area contributed by atoms with Gasteiger partial charge in [-0.25, -0.2) is 0 Å². The molecule has 1 N–H and O–H groups in total. The van der Waals surface area contributed by atoms with Gasteiger partial charge in [0.15, 0.2) is 5.78 Å². The van der Waals surface area contributed by atoms with Gasteiger partial charge in [-0.05, 0) is 37.6 Å². The number of Topliss-reactive ketones (excluding diaryl/α,β-unsaturated/α-hetero) is 1. The lowest BCUT2D eigenvalue weighted by atomic mass is 10.1. The van der Waals surface area contributed by atoms with E-state index in [1.165, 1.54) is 5.56 Å². The molecule has 0 spiro atoms. The molecule has 0 aliphatic rings. The molecular formula is C18H21NO2. The third-order valence-corrected chi connectivity index (χ3v) is 3.47. The highest BCUT2D eigenvalue weighted by atomic mass is 16.5. The van der Waals surface area contributed by atoms with E-state index in [-0.39, 0.29) is 11.8 Å². The van der Waals surface area contributed by atoms with E-state index in [1.54, 1.807) is 7.11 Å². The van der Waals surface area contributed by atoms with Gasteiger partial charge in [-0.2, -0.15) is 0 Å². The molecule has 0 heterocycles. The van der Waals surface area contributed by atoms with Crippen LogP contribution in [-0.2, 0) is 6.42 Å². The highest BCUT2D eigenvalue weighted by molar-refractivity contribution is 5.99. The van der Waals surface area contributed by atoms with E-state index in [4.69, 9.17) is 4.74 Å². The molecule has 1 atom stereocenters. The van der Waals surface area contributed by atoms with Crippen molar-refractivity contribution in [1.29, 1.82) is 0 Å². The quantitative estimate of drug-likeness (QED) is 0.794. The zero-order valence-electron chi connectivity index (χ0n) is 12.5. The highest BCUT2D eigenvalue weighted by Crippen LogP contribution is 2.11. The lowest BCUT2D eigenvalue weighted by molar-refractivity contribution is 0.0951. The number of hydrogen-bond donors (Lipinski definition) is 1. The van der Waals surface area contributed by atoms with E-state index in [0.717, 1.165) is 24.3 Å². The lowest BCUT2D eigenvalue weighted by Gasteiger charge is -2.13. The topological polar surface area (TPSA) is 38.3 Å². The molecule has 0 radical (unpaired) electrons. The maximum Gasteiger partial charge on any atom is 0.179 e. The van der Waals surface area contributed by atoms with Gasteiger partial charge in [0.25, 0.3) is 0 Å². The SMILES string of the molecule is COc1ccc(CCNC(C)C(=O)c2ccccc2)cc1. The van der Waals surface area contributed by atoms with E-state index in [2.05, 4.69) is 5.32 Å². The predicted molar refractivity (Wildman–Crippen MR) is 84.9 cm³/mol. The molecule has 110 valence electrons. The molecule has 0 bridgehead atoms. The van der Waals surface area contributed by atoms with Crippen LogP contribution in [0.25, 0.3) is 0 Å². The second-order valence-corrected chi connectivity index (χ2v) is 5.00. The molecule has 3 heteroatoms. The smallest absolute Gasteiger partial charge is 0.179 e. The van der Waals surface area contributed by atoms with E-state index in [9.17, 15) is 4.79 Å². The van der Waals surface area contributed by atoms with Gasteiger partial charge in [0.05, 0.1) is 13.2 Å².